The van der Waals surface area contributed by atoms with Crippen LogP contribution in [0.2, 0.25) is 0 Å². The summed E-state index contributed by atoms with van der Waals surface area (Å²) in [6, 6.07) is 7.74. The van der Waals surface area contributed by atoms with Crippen molar-refractivity contribution in [3.8, 4) is 17.6 Å². The summed E-state index contributed by atoms with van der Waals surface area (Å²) in [5.74, 6) is 1.47. The Bertz CT molecular complexity index is 786. The number of nitriles is 1. The van der Waals surface area contributed by atoms with Crippen LogP contribution in [0.15, 0.2) is 18.2 Å². The lowest BCUT2D eigenvalue weighted by Crippen LogP contribution is -2.03. The molecule has 248 valence electrons. The van der Waals surface area contributed by atoms with Gasteiger partial charge in [-0.15, -0.1) is 0 Å². The monoisotopic (exact) mass is 639 g/mol. The fourth-order valence-corrected chi connectivity index (χ4v) is 7.05. The molecule has 1 unspecified atom stereocenters. The van der Waals surface area contributed by atoms with E-state index >= 15 is 0 Å². The Hall–Kier alpha value is -0.950. The van der Waals surface area contributed by atoms with Crippen LogP contribution >= 0.6 is 17.2 Å². The van der Waals surface area contributed by atoms with Crippen LogP contribution in [0.4, 0.5) is 0 Å². The third-order valence-corrected chi connectivity index (χ3v) is 10.1. The third-order valence-electron chi connectivity index (χ3n) is 7.29. The Morgan fingerprint density at radius 3 is 1.60 bits per heavy atom. The van der Waals surface area contributed by atoms with Gasteiger partial charge in [-0.2, -0.15) is 5.26 Å². The van der Waals surface area contributed by atoms with Crippen molar-refractivity contribution >= 4 is 17.2 Å². The first-order valence-corrected chi connectivity index (χ1v) is 19.9. The van der Waals surface area contributed by atoms with Gasteiger partial charge in [-0.25, -0.2) is 0 Å². The predicted molar refractivity (Wildman–Crippen MR) is 185 cm³/mol. The average molecular weight is 640 g/mol. The zero-order valence-electron chi connectivity index (χ0n) is 27.8. The van der Waals surface area contributed by atoms with Crippen LogP contribution in [0.3, 0.4) is 0 Å². The Labute approximate surface area is 268 Å². The van der Waals surface area contributed by atoms with Gasteiger partial charge in [0.2, 0.25) is 0 Å². The highest BCUT2D eigenvalue weighted by molar-refractivity contribution is 7.47. The first kappa shape index (κ1) is 40.1. The van der Waals surface area contributed by atoms with Crippen LogP contribution in [0, 0.1) is 11.3 Å². The van der Waals surface area contributed by atoms with E-state index in [1.165, 1.54) is 109 Å². The van der Waals surface area contributed by atoms with Gasteiger partial charge in [0.1, 0.15) is 0 Å². The molecule has 0 saturated heterocycles. The van der Waals surface area contributed by atoms with E-state index < -0.39 is 8.38 Å². The maximum Gasteiger partial charge on any atom is 0.170 e. The van der Waals surface area contributed by atoms with Crippen molar-refractivity contribution in [1.29, 1.82) is 5.26 Å². The van der Waals surface area contributed by atoms with Crippen molar-refractivity contribution in [3.05, 3.63) is 23.8 Å². The molecular formula is C35H63NO5P2. The predicted octanol–water partition coefficient (Wildman–Crippen LogP) is 11.4. The molecule has 1 rings (SSSR count). The third kappa shape index (κ3) is 24.0. The summed E-state index contributed by atoms with van der Waals surface area (Å²) < 4.78 is 28.9. The SMILES string of the molecule is CCOPCCCCCCCCCCCOc1ccc(C#N)cc1OCCCCCCCCCCCP(OCC)OCC. The van der Waals surface area contributed by atoms with Crippen LogP contribution in [0.5, 0.6) is 11.5 Å². The van der Waals surface area contributed by atoms with Gasteiger partial charge < -0.3 is 23.0 Å². The summed E-state index contributed by atoms with van der Waals surface area (Å²) in [6.07, 6.45) is 25.0. The second-order valence-corrected chi connectivity index (χ2v) is 13.8. The molecule has 0 saturated carbocycles. The van der Waals surface area contributed by atoms with E-state index in [9.17, 15) is 5.26 Å². The highest BCUT2D eigenvalue weighted by Gasteiger charge is 2.09. The van der Waals surface area contributed by atoms with Crippen LogP contribution in [-0.2, 0) is 13.6 Å². The summed E-state index contributed by atoms with van der Waals surface area (Å²) in [6.45, 7) is 9.85. The summed E-state index contributed by atoms with van der Waals surface area (Å²) in [7, 11) is 0.0231. The number of benzene rings is 1. The van der Waals surface area contributed by atoms with Crippen molar-refractivity contribution in [1.82, 2.24) is 0 Å². The maximum absolute atomic E-state index is 9.33. The van der Waals surface area contributed by atoms with Gasteiger partial charge >= 0.3 is 0 Å². The number of nitrogens with zero attached hydrogens (tertiary/aromatic N) is 1. The lowest BCUT2D eigenvalue weighted by Gasteiger charge is -2.15. The van der Waals surface area contributed by atoms with E-state index in [0.29, 0.717) is 33.3 Å². The van der Waals surface area contributed by atoms with Crippen LogP contribution < -0.4 is 9.47 Å². The maximum atomic E-state index is 9.33. The smallest absolute Gasteiger partial charge is 0.170 e. The lowest BCUT2D eigenvalue weighted by molar-refractivity contribution is 0.258. The molecule has 0 spiro atoms. The Morgan fingerprint density at radius 2 is 1.09 bits per heavy atom. The minimum atomic E-state index is -0.668. The number of unbranched alkanes of at least 4 members (excludes halogenated alkanes) is 16. The molecule has 6 nitrogen and oxygen atoms in total. The molecule has 0 aromatic heterocycles. The van der Waals surface area contributed by atoms with Gasteiger partial charge in [0.15, 0.2) is 19.9 Å². The van der Waals surface area contributed by atoms with Gasteiger partial charge in [0.25, 0.3) is 0 Å². The van der Waals surface area contributed by atoms with Gasteiger partial charge in [0.05, 0.1) is 38.1 Å². The normalized spacial score (nSPS) is 11.5. The van der Waals surface area contributed by atoms with E-state index in [0.717, 1.165) is 44.6 Å². The van der Waals surface area contributed by atoms with E-state index in [4.69, 9.17) is 23.0 Å². The fourth-order valence-electron chi connectivity index (χ4n) is 4.92. The molecule has 8 heteroatoms. The Balaban J connectivity index is 2.07. The topological polar surface area (TPSA) is 69.9 Å². The van der Waals surface area contributed by atoms with Crippen molar-refractivity contribution in [2.45, 2.75) is 136 Å². The van der Waals surface area contributed by atoms with Gasteiger partial charge in [-0.1, -0.05) is 89.9 Å². The van der Waals surface area contributed by atoms with Crippen molar-refractivity contribution in [2.75, 3.05) is 45.4 Å². The molecule has 0 fully saturated rings. The summed E-state index contributed by atoms with van der Waals surface area (Å²) in [5, 5.41) is 9.33. The quantitative estimate of drug-likeness (QED) is 0.0577. The molecule has 0 radical (unpaired) electrons. The first-order chi connectivity index (χ1) is 21.2. The standard InChI is InChI=1S/C35H63NO5P2/c1-4-39-42-29-23-19-15-11-7-9-13-17-21-27-37-34-26-25-33(32-36)31-35(34)38-28-22-18-14-10-8-12-16-20-24-30-43(40-5-2)41-6-3/h25-26,31,42H,4-24,27-30H2,1-3H3. The molecule has 0 aliphatic heterocycles. The molecule has 0 bridgehead atoms. The highest BCUT2D eigenvalue weighted by Crippen LogP contribution is 2.39. The molecule has 1 atom stereocenters. The molecular weight excluding hydrogens is 576 g/mol. The summed E-state index contributed by atoms with van der Waals surface area (Å²) in [4.78, 5) is 0. The molecule has 1 aromatic carbocycles. The summed E-state index contributed by atoms with van der Waals surface area (Å²) in [5.41, 5.74) is 0.615. The number of hydrogen-bond acceptors (Lipinski definition) is 6. The molecule has 0 aliphatic rings. The molecule has 0 amide bonds. The number of hydrogen-bond donors (Lipinski definition) is 0. The lowest BCUT2D eigenvalue weighted by atomic mass is 10.1. The molecule has 0 aliphatic carbocycles. The van der Waals surface area contributed by atoms with E-state index in [1.54, 1.807) is 0 Å². The van der Waals surface area contributed by atoms with Crippen LogP contribution in [-0.4, -0.2) is 45.4 Å². The molecule has 0 heterocycles. The highest BCUT2D eigenvalue weighted by atomic mass is 31.2. The number of ether oxygens (including phenoxy) is 2. The van der Waals surface area contributed by atoms with Crippen molar-refractivity contribution in [3.63, 3.8) is 0 Å². The van der Waals surface area contributed by atoms with Gasteiger partial charge in [-0.05, 0) is 64.7 Å². The second-order valence-electron chi connectivity index (χ2n) is 11.1. The minimum absolute atomic E-state index is 0.615. The zero-order chi connectivity index (χ0) is 31.1. The largest absolute Gasteiger partial charge is 0.490 e. The minimum Gasteiger partial charge on any atom is -0.490 e. The second kappa shape index (κ2) is 31.0. The Kier molecular flexibility index (Phi) is 28.9. The van der Waals surface area contributed by atoms with Gasteiger partial charge in [0, 0.05) is 27.6 Å². The first-order valence-electron chi connectivity index (χ1n) is 17.4. The summed E-state index contributed by atoms with van der Waals surface area (Å²) >= 11 is 0. The molecule has 1 aromatic rings. The van der Waals surface area contributed by atoms with Crippen molar-refractivity contribution in [2.24, 2.45) is 0 Å². The number of rotatable bonds is 32. The van der Waals surface area contributed by atoms with E-state index in [-0.39, 0.29) is 0 Å². The molecule has 43 heavy (non-hydrogen) atoms. The van der Waals surface area contributed by atoms with Crippen LogP contribution in [0.25, 0.3) is 0 Å². The fraction of sp³-hybridized carbons (Fsp3) is 0.800. The van der Waals surface area contributed by atoms with Crippen molar-refractivity contribution < 1.29 is 23.0 Å². The molecule has 0 N–H and O–H groups in total. The van der Waals surface area contributed by atoms with E-state index in [1.807, 2.05) is 32.0 Å². The van der Waals surface area contributed by atoms with E-state index in [2.05, 4.69) is 13.0 Å². The average Bonchev–Trinajstić information content (AvgIpc) is 3.02. The Morgan fingerprint density at radius 1 is 0.605 bits per heavy atom. The van der Waals surface area contributed by atoms with Gasteiger partial charge in [-0.3, -0.25) is 0 Å². The zero-order valence-corrected chi connectivity index (χ0v) is 29.7. The van der Waals surface area contributed by atoms with Crippen LogP contribution in [0.1, 0.15) is 142 Å².